The fourth-order valence-electron chi connectivity index (χ4n) is 5.25. The molecule has 1 spiro atoms. The number of benzene rings is 2. The van der Waals surface area contributed by atoms with Crippen molar-refractivity contribution >= 4 is 22.7 Å². The van der Waals surface area contributed by atoms with Gasteiger partial charge in [-0.05, 0) is 62.4 Å². The minimum Gasteiger partial charge on any atom is -0.497 e. The topological polar surface area (TPSA) is 77.8 Å². The van der Waals surface area contributed by atoms with E-state index >= 15 is 0 Å². The van der Waals surface area contributed by atoms with Crippen LogP contribution in [0.4, 0.5) is 0 Å². The van der Waals surface area contributed by atoms with Crippen LogP contribution in [0, 0.1) is 6.92 Å². The molecule has 6 nitrogen and oxygen atoms in total. The zero-order chi connectivity index (χ0) is 23.0. The molecule has 6 heteroatoms. The van der Waals surface area contributed by atoms with Gasteiger partial charge in [0.05, 0.1) is 19.1 Å². The summed E-state index contributed by atoms with van der Waals surface area (Å²) in [4.78, 5) is 26.3. The molecule has 2 aliphatic rings. The predicted octanol–water partition coefficient (Wildman–Crippen LogP) is 5.74. The number of Topliss-reactive ketones (excluding diaryl/α,β-unsaturated/α-hetero) is 1. The number of aryl methyl sites for hydroxylation is 1. The van der Waals surface area contributed by atoms with E-state index in [0.717, 1.165) is 37.0 Å². The van der Waals surface area contributed by atoms with E-state index in [1.165, 1.54) is 12.8 Å². The second kappa shape index (κ2) is 8.58. The summed E-state index contributed by atoms with van der Waals surface area (Å²) in [5.41, 5.74) is 2.29. The zero-order valence-corrected chi connectivity index (χ0v) is 19.2. The highest BCUT2D eigenvalue weighted by Gasteiger charge is 2.42. The van der Waals surface area contributed by atoms with E-state index in [0.29, 0.717) is 40.8 Å². The standard InChI is InChI=1S/C27H29NO5/c1-17-23-21(32-25(17)26(30)28-16-18-8-7-9-19(14-18)31-2)10-11-22-24(23)20(29)15-27(33-22)12-5-3-4-6-13-27/h7-11,14H,3-6,12-13,15-16H2,1-2H3,(H,28,30). The largest absolute Gasteiger partial charge is 0.497 e. The van der Waals surface area contributed by atoms with Gasteiger partial charge in [-0.1, -0.05) is 25.0 Å². The lowest BCUT2D eigenvalue weighted by Crippen LogP contribution is -2.41. The molecule has 1 fully saturated rings. The van der Waals surface area contributed by atoms with Gasteiger partial charge in [0.25, 0.3) is 5.91 Å². The van der Waals surface area contributed by atoms with Crippen LogP contribution in [0.3, 0.4) is 0 Å². The number of fused-ring (bicyclic) bond motifs is 3. The first-order valence-electron chi connectivity index (χ1n) is 11.7. The first-order chi connectivity index (χ1) is 16.0. The highest BCUT2D eigenvalue weighted by Crippen LogP contribution is 2.44. The highest BCUT2D eigenvalue weighted by molar-refractivity contribution is 6.13. The van der Waals surface area contributed by atoms with Crippen LogP contribution in [-0.4, -0.2) is 24.4 Å². The number of methoxy groups -OCH3 is 1. The second-order valence-corrected chi connectivity index (χ2v) is 9.20. The van der Waals surface area contributed by atoms with E-state index in [2.05, 4.69) is 5.32 Å². The van der Waals surface area contributed by atoms with Crippen molar-refractivity contribution in [3.8, 4) is 11.5 Å². The molecule has 5 rings (SSSR count). The first kappa shape index (κ1) is 21.6. The van der Waals surface area contributed by atoms with Crippen LogP contribution in [0.5, 0.6) is 11.5 Å². The van der Waals surface area contributed by atoms with Crippen LogP contribution in [0.15, 0.2) is 40.8 Å². The van der Waals surface area contributed by atoms with Crippen molar-refractivity contribution in [3.63, 3.8) is 0 Å². The van der Waals surface area contributed by atoms with Crippen molar-refractivity contribution in [1.29, 1.82) is 0 Å². The molecule has 0 saturated heterocycles. The van der Waals surface area contributed by atoms with E-state index in [-0.39, 0.29) is 23.1 Å². The maximum atomic E-state index is 13.4. The number of hydrogen-bond donors (Lipinski definition) is 1. The quantitative estimate of drug-likeness (QED) is 0.552. The van der Waals surface area contributed by atoms with Crippen molar-refractivity contribution in [2.24, 2.45) is 0 Å². The number of furan rings is 1. The average molecular weight is 448 g/mol. The molecule has 2 heterocycles. The summed E-state index contributed by atoms with van der Waals surface area (Å²) in [6.45, 7) is 2.17. The Balaban J connectivity index is 1.43. The van der Waals surface area contributed by atoms with Crippen LogP contribution in [0.1, 0.15) is 77.0 Å². The van der Waals surface area contributed by atoms with Crippen LogP contribution in [0.2, 0.25) is 0 Å². The van der Waals surface area contributed by atoms with Crippen molar-refractivity contribution in [1.82, 2.24) is 5.32 Å². The second-order valence-electron chi connectivity index (χ2n) is 9.20. The molecule has 1 N–H and O–H groups in total. The molecule has 1 amide bonds. The molecule has 1 aliphatic heterocycles. The summed E-state index contributed by atoms with van der Waals surface area (Å²) in [5.74, 6) is 1.34. The number of amides is 1. The van der Waals surface area contributed by atoms with E-state index in [9.17, 15) is 9.59 Å². The minimum absolute atomic E-state index is 0.0796. The fourth-order valence-corrected chi connectivity index (χ4v) is 5.25. The number of ether oxygens (including phenoxy) is 2. The molecule has 0 atom stereocenters. The minimum atomic E-state index is -0.386. The molecule has 1 aliphatic carbocycles. The third kappa shape index (κ3) is 3.99. The lowest BCUT2D eigenvalue weighted by Gasteiger charge is -2.37. The van der Waals surface area contributed by atoms with Gasteiger partial charge in [-0.25, -0.2) is 0 Å². The smallest absolute Gasteiger partial charge is 0.287 e. The molecular formula is C27H29NO5. The van der Waals surface area contributed by atoms with Crippen LogP contribution in [-0.2, 0) is 6.54 Å². The number of carbonyl (C=O) groups is 2. The van der Waals surface area contributed by atoms with Crippen molar-refractivity contribution in [2.45, 2.75) is 64.0 Å². The number of hydrogen-bond acceptors (Lipinski definition) is 5. The maximum Gasteiger partial charge on any atom is 0.287 e. The molecule has 3 aromatic rings. The Bertz CT molecular complexity index is 1220. The SMILES string of the molecule is COc1cccc(CNC(=O)c2oc3ccc4c(c3c2C)C(=O)CC2(CCCCCC2)O4)c1. The first-order valence-corrected chi connectivity index (χ1v) is 11.7. The fraction of sp³-hybridized carbons (Fsp3) is 0.407. The van der Waals surface area contributed by atoms with E-state index < -0.39 is 0 Å². The molecule has 1 aromatic heterocycles. The summed E-state index contributed by atoms with van der Waals surface area (Å²) in [5, 5.41) is 3.60. The number of ketones is 1. The number of rotatable bonds is 4. The Morgan fingerprint density at radius 1 is 1.12 bits per heavy atom. The van der Waals surface area contributed by atoms with Crippen LogP contribution < -0.4 is 14.8 Å². The van der Waals surface area contributed by atoms with E-state index in [1.807, 2.05) is 43.3 Å². The van der Waals surface area contributed by atoms with Gasteiger partial charge in [0.1, 0.15) is 22.7 Å². The van der Waals surface area contributed by atoms with Crippen molar-refractivity contribution in [2.75, 3.05) is 7.11 Å². The monoisotopic (exact) mass is 447 g/mol. The molecule has 0 unspecified atom stereocenters. The van der Waals surface area contributed by atoms with Gasteiger partial charge in [0, 0.05) is 17.5 Å². The summed E-state index contributed by atoms with van der Waals surface area (Å²) >= 11 is 0. The molecule has 1 saturated carbocycles. The number of nitrogens with one attached hydrogen (secondary N) is 1. The Morgan fingerprint density at radius 2 is 1.91 bits per heavy atom. The Hall–Kier alpha value is -3.28. The third-order valence-corrected chi connectivity index (χ3v) is 6.95. The van der Waals surface area contributed by atoms with E-state index in [4.69, 9.17) is 13.9 Å². The van der Waals surface area contributed by atoms with Gasteiger partial charge in [-0.2, -0.15) is 0 Å². The van der Waals surface area contributed by atoms with Gasteiger partial charge < -0.3 is 19.2 Å². The zero-order valence-electron chi connectivity index (χ0n) is 19.2. The average Bonchev–Trinajstić information content (AvgIpc) is 3.00. The van der Waals surface area contributed by atoms with E-state index in [1.54, 1.807) is 7.11 Å². The van der Waals surface area contributed by atoms with Gasteiger partial charge >= 0.3 is 0 Å². The summed E-state index contributed by atoms with van der Waals surface area (Å²) in [7, 11) is 1.61. The molecule has 172 valence electrons. The summed E-state index contributed by atoms with van der Waals surface area (Å²) < 4.78 is 17.7. The van der Waals surface area contributed by atoms with Crippen LogP contribution in [0.25, 0.3) is 11.0 Å². The van der Waals surface area contributed by atoms with Crippen molar-refractivity contribution in [3.05, 3.63) is 58.8 Å². The highest BCUT2D eigenvalue weighted by atomic mass is 16.5. The summed E-state index contributed by atoms with van der Waals surface area (Å²) in [6, 6.07) is 11.2. The normalized spacial score (nSPS) is 17.3. The van der Waals surface area contributed by atoms with Crippen LogP contribution >= 0.6 is 0 Å². The third-order valence-electron chi connectivity index (χ3n) is 6.95. The molecule has 0 radical (unpaired) electrons. The van der Waals surface area contributed by atoms with Crippen molar-refractivity contribution < 1.29 is 23.5 Å². The lowest BCUT2D eigenvalue weighted by atomic mass is 9.83. The van der Waals surface area contributed by atoms with Gasteiger partial charge in [-0.15, -0.1) is 0 Å². The molecule has 2 aromatic carbocycles. The van der Waals surface area contributed by atoms with Gasteiger partial charge in [-0.3, -0.25) is 9.59 Å². The molecule has 33 heavy (non-hydrogen) atoms. The Labute approximate surface area is 193 Å². The Morgan fingerprint density at radius 3 is 2.67 bits per heavy atom. The summed E-state index contributed by atoms with van der Waals surface area (Å²) in [6.07, 6.45) is 6.79. The van der Waals surface area contributed by atoms with Gasteiger partial charge in [0.2, 0.25) is 0 Å². The maximum absolute atomic E-state index is 13.4. The molecular weight excluding hydrogens is 418 g/mol. The van der Waals surface area contributed by atoms with Gasteiger partial charge in [0.15, 0.2) is 11.5 Å². The lowest BCUT2D eigenvalue weighted by molar-refractivity contribution is 0.0301. The Kier molecular flexibility index (Phi) is 5.60. The number of carbonyl (C=O) groups excluding carboxylic acids is 2. The molecule has 0 bridgehead atoms. The predicted molar refractivity (Wildman–Crippen MR) is 125 cm³/mol.